The average molecular weight is 327 g/mol. The van der Waals surface area contributed by atoms with Gasteiger partial charge in [0.05, 0.1) is 18.1 Å². The first-order valence-corrected chi connectivity index (χ1v) is 7.41. The van der Waals surface area contributed by atoms with Crippen LogP contribution in [0.4, 0.5) is 5.69 Å². The van der Waals surface area contributed by atoms with Gasteiger partial charge in [0.2, 0.25) is 0 Å². The molecule has 0 N–H and O–H groups in total. The van der Waals surface area contributed by atoms with Gasteiger partial charge in [0, 0.05) is 30.9 Å². The first-order chi connectivity index (χ1) is 11.1. The lowest BCUT2D eigenvalue weighted by atomic mass is 10.2. The number of halogens is 1. The van der Waals surface area contributed by atoms with Gasteiger partial charge >= 0.3 is 0 Å². The van der Waals surface area contributed by atoms with E-state index in [9.17, 15) is 4.79 Å². The summed E-state index contributed by atoms with van der Waals surface area (Å²) in [4.78, 5) is 22.6. The van der Waals surface area contributed by atoms with Crippen molar-refractivity contribution in [1.29, 1.82) is 0 Å². The Kier molecular flexibility index (Phi) is 4.12. The lowest BCUT2D eigenvalue weighted by Crippen LogP contribution is -2.28. The first-order valence-electron chi connectivity index (χ1n) is 7.03. The van der Waals surface area contributed by atoms with Crippen molar-refractivity contribution in [1.82, 2.24) is 14.5 Å². The van der Waals surface area contributed by atoms with Crippen molar-refractivity contribution in [3.63, 3.8) is 0 Å². The van der Waals surface area contributed by atoms with Gasteiger partial charge in [-0.2, -0.15) is 0 Å². The van der Waals surface area contributed by atoms with Crippen LogP contribution in [-0.2, 0) is 7.05 Å². The van der Waals surface area contributed by atoms with Crippen LogP contribution in [0.25, 0.3) is 11.4 Å². The van der Waals surface area contributed by atoms with Gasteiger partial charge in [0.1, 0.15) is 11.5 Å². The molecular formula is C17H15ClN4O. The van der Waals surface area contributed by atoms with Gasteiger partial charge in [-0.3, -0.25) is 9.78 Å². The van der Waals surface area contributed by atoms with Crippen LogP contribution in [0.2, 0.25) is 5.02 Å². The molecule has 2 heterocycles. The summed E-state index contributed by atoms with van der Waals surface area (Å²) < 4.78 is 1.78. The van der Waals surface area contributed by atoms with Crippen molar-refractivity contribution in [2.45, 2.75) is 0 Å². The van der Waals surface area contributed by atoms with Crippen molar-refractivity contribution >= 4 is 23.2 Å². The predicted molar refractivity (Wildman–Crippen MR) is 90.6 cm³/mol. The minimum absolute atomic E-state index is 0.145. The summed E-state index contributed by atoms with van der Waals surface area (Å²) >= 11 is 5.91. The summed E-state index contributed by atoms with van der Waals surface area (Å²) in [5.41, 5.74) is 2.13. The zero-order chi connectivity index (χ0) is 16.4. The van der Waals surface area contributed by atoms with Crippen LogP contribution in [0, 0.1) is 0 Å². The number of aromatic nitrogens is 3. The Hall–Kier alpha value is -2.66. The molecule has 0 aliphatic carbocycles. The maximum Gasteiger partial charge on any atom is 0.276 e. The highest BCUT2D eigenvalue weighted by Crippen LogP contribution is 2.22. The first kappa shape index (κ1) is 15.2. The normalized spacial score (nSPS) is 10.6. The van der Waals surface area contributed by atoms with Gasteiger partial charge in [-0.05, 0) is 36.4 Å². The van der Waals surface area contributed by atoms with E-state index < -0.39 is 0 Å². The zero-order valence-electron chi connectivity index (χ0n) is 12.8. The molecule has 0 aliphatic heterocycles. The van der Waals surface area contributed by atoms with Crippen molar-refractivity contribution in [2.75, 3.05) is 11.9 Å². The molecule has 23 heavy (non-hydrogen) atoms. The molecule has 3 aromatic rings. The van der Waals surface area contributed by atoms with Gasteiger partial charge in [-0.1, -0.05) is 11.6 Å². The Bertz CT molecular complexity index is 828. The van der Waals surface area contributed by atoms with E-state index in [1.807, 2.05) is 25.2 Å². The number of pyridine rings is 1. The highest BCUT2D eigenvalue weighted by Gasteiger charge is 2.19. The van der Waals surface area contributed by atoms with Crippen LogP contribution in [-0.4, -0.2) is 27.5 Å². The van der Waals surface area contributed by atoms with Crippen molar-refractivity contribution < 1.29 is 4.79 Å². The molecule has 116 valence electrons. The fourth-order valence-corrected chi connectivity index (χ4v) is 2.44. The third kappa shape index (κ3) is 2.96. The third-order valence-corrected chi connectivity index (χ3v) is 3.90. The molecule has 0 saturated carbocycles. The second kappa shape index (κ2) is 6.22. The number of carbonyl (C=O) groups is 1. The highest BCUT2D eigenvalue weighted by atomic mass is 35.5. The minimum atomic E-state index is -0.145. The van der Waals surface area contributed by atoms with Crippen LogP contribution in [0.15, 0.2) is 55.0 Å². The Balaban J connectivity index is 1.92. The molecule has 0 unspecified atom stereocenters. The van der Waals surface area contributed by atoms with Gasteiger partial charge in [0.15, 0.2) is 0 Å². The number of rotatable bonds is 3. The third-order valence-electron chi connectivity index (χ3n) is 3.65. The quantitative estimate of drug-likeness (QED) is 0.741. The molecule has 3 rings (SSSR count). The molecule has 0 aliphatic rings. The predicted octanol–water partition coefficient (Wildman–Crippen LogP) is 3.41. The molecule has 5 nitrogen and oxygen atoms in total. The van der Waals surface area contributed by atoms with Crippen LogP contribution in [0.3, 0.4) is 0 Å². The van der Waals surface area contributed by atoms with E-state index in [-0.39, 0.29) is 5.91 Å². The molecule has 0 spiro atoms. The fraction of sp³-hybridized carbons (Fsp3) is 0.118. The Labute approximate surface area is 139 Å². The topological polar surface area (TPSA) is 51.0 Å². The van der Waals surface area contributed by atoms with E-state index in [0.29, 0.717) is 16.5 Å². The van der Waals surface area contributed by atoms with E-state index in [1.54, 1.807) is 53.3 Å². The number of benzene rings is 1. The number of imidazole rings is 1. The monoisotopic (exact) mass is 326 g/mol. The summed E-state index contributed by atoms with van der Waals surface area (Å²) in [6.45, 7) is 0. The summed E-state index contributed by atoms with van der Waals surface area (Å²) in [6, 6.07) is 11.0. The van der Waals surface area contributed by atoms with Crippen molar-refractivity contribution in [3.8, 4) is 11.4 Å². The Morgan fingerprint density at radius 1 is 1.17 bits per heavy atom. The fourth-order valence-electron chi connectivity index (χ4n) is 2.32. The minimum Gasteiger partial charge on any atom is -0.323 e. The van der Waals surface area contributed by atoms with E-state index >= 15 is 0 Å². The maximum absolute atomic E-state index is 12.7. The molecule has 2 aromatic heterocycles. The second-order valence-corrected chi connectivity index (χ2v) is 5.54. The number of anilines is 1. The SMILES string of the molecule is CN(C(=O)c1cnc(-c2ccc(Cl)cc2)n1C)c1cccnc1. The number of carbonyl (C=O) groups excluding carboxylic acids is 1. The van der Waals surface area contributed by atoms with Crippen LogP contribution >= 0.6 is 11.6 Å². The summed E-state index contributed by atoms with van der Waals surface area (Å²) in [7, 11) is 3.54. The van der Waals surface area contributed by atoms with Crippen molar-refractivity contribution in [3.05, 3.63) is 65.7 Å². The van der Waals surface area contributed by atoms with Gasteiger partial charge in [-0.25, -0.2) is 4.98 Å². The summed E-state index contributed by atoms with van der Waals surface area (Å²) in [5.74, 6) is 0.567. The Morgan fingerprint density at radius 2 is 1.91 bits per heavy atom. The van der Waals surface area contributed by atoms with E-state index in [2.05, 4.69) is 9.97 Å². The molecule has 0 bridgehead atoms. The van der Waals surface area contributed by atoms with Crippen LogP contribution < -0.4 is 4.90 Å². The molecule has 0 saturated heterocycles. The van der Waals surface area contributed by atoms with E-state index in [4.69, 9.17) is 11.6 Å². The lowest BCUT2D eigenvalue weighted by Gasteiger charge is -2.17. The Morgan fingerprint density at radius 3 is 2.57 bits per heavy atom. The van der Waals surface area contributed by atoms with Gasteiger partial charge < -0.3 is 9.47 Å². The summed E-state index contributed by atoms with van der Waals surface area (Å²) in [5, 5.41) is 0.663. The number of hydrogen-bond acceptors (Lipinski definition) is 3. The molecule has 0 atom stereocenters. The lowest BCUT2D eigenvalue weighted by molar-refractivity contribution is 0.0985. The zero-order valence-corrected chi connectivity index (χ0v) is 13.5. The molecule has 1 aromatic carbocycles. The van der Waals surface area contributed by atoms with Crippen LogP contribution in [0.5, 0.6) is 0 Å². The molecule has 0 radical (unpaired) electrons. The molecule has 0 fully saturated rings. The number of amides is 1. The van der Waals surface area contributed by atoms with Crippen LogP contribution in [0.1, 0.15) is 10.5 Å². The smallest absolute Gasteiger partial charge is 0.276 e. The molecule has 6 heteroatoms. The standard InChI is InChI=1S/C17H15ClN4O/c1-21(14-4-3-9-19-10-14)17(23)15-11-20-16(22(15)2)12-5-7-13(18)8-6-12/h3-11H,1-2H3. The maximum atomic E-state index is 12.7. The average Bonchev–Trinajstić information content (AvgIpc) is 2.96. The summed E-state index contributed by atoms with van der Waals surface area (Å²) in [6.07, 6.45) is 4.90. The van der Waals surface area contributed by atoms with Crippen molar-refractivity contribution in [2.24, 2.45) is 7.05 Å². The van der Waals surface area contributed by atoms with E-state index in [1.165, 1.54) is 0 Å². The van der Waals surface area contributed by atoms with Gasteiger partial charge in [-0.15, -0.1) is 0 Å². The number of hydrogen-bond donors (Lipinski definition) is 0. The largest absolute Gasteiger partial charge is 0.323 e. The second-order valence-electron chi connectivity index (χ2n) is 5.11. The van der Waals surface area contributed by atoms with Gasteiger partial charge in [0.25, 0.3) is 5.91 Å². The highest BCUT2D eigenvalue weighted by molar-refractivity contribution is 6.30. The number of nitrogens with zero attached hydrogens (tertiary/aromatic N) is 4. The molecular weight excluding hydrogens is 312 g/mol. The van der Waals surface area contributed by atoms with E-state index in [0.717, 1.165) is 11.3 Å². The molecule has 1 amide bonds.